The minimum atomic E-state index is 0.651. The lowest BCUT2D eigenvalue weighted by atomic mass is 10.1. The second-order valence-electron chi connectivity index (χ2n) is 5.38. The fourth-order valence-electron chi connectivity index (χ4n) is 2.79. The predicted octanol–water partition coefficient (Wildman–Crippen LogP) is 2.66. The van der Waals surface area contributed by atoms with Crippen molar-refractivity contribution in [2.24, 2.45) is 0 Å². The molecule has 1 aromatic carbocycles. The monoisotopic (exact) mass is 262 g/mol. The van der Waals surface area contributed by atoms with Crippen LogP contribution in [0.2, 0.25) is 0 Å². The molecule has 0 bridgehead atoms. The summed E-state index contributed by atoms with van der Waals surface area (Å²) in [6.45, 7) is 6.78. The van der Waals surface area contributed by atoms with Gasteiger partial charge in [0.15, 0.2) is 0 Å². The van der Waals surface area contributed by atoms with Crippen molar-refractivity contribution < 1.29 is 4.74 Å². The highest BCUT2D eigenvalue weighted by Crippen LogP contribution is 2.16. The van der Waals surface area contributed by atoms with Crippen molar-refractivity contribution in [3.63, 3.8) is 0 Å². The maximum absolute atomic E-state index is 5.30. The highest BCUT2D eigenvalue weighted by molar-refractivity contribution is 5.28. The summed E-state index contributed by atoms with van der Waals surface area (Å²) in [5.41, 5.74) is 1.34. The summed E-state index contributed by atoms with van der Waals surface area (Å²) in [5.74, 6) is 0.954. The second kappa shape index (κ2) is 7.51. The van der Waals surface area contributed by atoms with Gasteiger partial charge < -0.3 is 10.1 Å². The lowest BCUT2D eigenvalue weighted by molar-refractivity contribution is 0.254. The van der Waals surface area contributed by atoms with Crippen LogP contribution in [0.15, 0.2) is 24.3 Å². The van der Waals surface area contributed by atoms with E-state index in [2.05, 4.69) is 35.3 Å². The number of hydrogen-bond acceptors (Lipinski definition) is 3. The molecule has 106 valence electrons. The predicted molar refractivity (Wildman–Crippen MR) is 79.6 cm³/mol. The van der Waals surface area contributed by atoms with Crippen LogP contribution in [-0.2, 0) is 6.54 Å². The standard InChI is InChI=1S/C16H26N2O/c1-3-6-15-13-18(10-5-9-17-15)12-14-7-4-8-16(11-14)19-2/h4,7-8,11,15,17H,3,5-6,9-10,12-13H2,1-2H3. The van der Waals surface area contributed by atoms with Crippen LogP contribution in [0.25, 0.3) is 0 Å². The van der Waals surface area contributed by atoms with E-state index in [1.54, 1.807) is 7.11 Å². The first-order valence-corrected chi connectivity index (χ1v) is 7.40. The maximum atomic E-state index is 5.30. The summed E-state index contributed by atoms with van der Waals surface area (Å²) in [4.78, 5) is 2.56. The Morgan fingerprint density at radius 1 is 1.42 bits per heavy atom. The molecule has 19 heavy (non-hydrogen) atoms. The summed E-state index contributed by atoms with van der Waals surface area (Å²) < 4.78 is 5.30. The molecule has 1 aromatic rings. The number of rotatable bonds is 5. The summed E-state index contributed by atoms with van der Waals surface area (Å²) >= 11 is 0. The van der Waals surface area contributed by atoms with Gasteiger partial charge in [-0.3, -0.25) is 4.90 Å². The number of nitrogens with one attached hydrogen (secondary N) is 1. The zero-order chi connectivity index (χ0) is 13.5. The van der Waals surface area contributed by atoms with Gasteiger partial charge in [-0.05, 0) is 43.6 Å². The number of ether oxygens (including phenoxy) is 1. The fraction of sp³-hybridized carbons (Fsp3) is 0.625. The van der Waals surface area contributed by atoms with Crippen molar-refractivity contribution in [3.05, 3.63) is 29.8 Å². The zero-order valence-electron chi connectivity index (χ0n) is 12.2. The normalized spacial score (nSPS) is 21.1. The van der Waals surface area contributed by atoms with Gasteiger partial charge >= 0.3 is 0 Å². The molecule has 0 saturated carbocycles. The largest absolute Gasteiger partial charge is 0.497 e. The molecule has 1 N–H and O–H groups in total. The molecule has 1 saturated heterocycles. The van der Waals surface area contributed by atoms with Gasteiger partial charge in [0, 0.05) is 19.1 Å². The molecule has 1 aliphatic rings. The van der Waals surface area contributed by atoms with Crippen LogP contribution in [0.5, 0.6) is 5.75 Å². The first kappa shape index (κ1) is 14.4. The number of benzene rings is 1. The summed E-state index contributed by atoms with van der Waals surface area (Å²) in [6.07, 6.45) is 3.77. The van der Waals surface area contributed by atoms with Crippen molar-refractivity contribution in [1.29, 1.82) is 0 Å². The van der Waals surface area contributed by atoms with Crippen LogP contribution < -0.4 is 10.1 Å². The Bertz CT molecular complexity index is 381. The Labute approximate surface area is 116 Å². The van der Waals surface area contributed by atoms with Gasteiger partial charge in [0.2, 0.25) is 0 Å². The molecule has 1 heterocycles. The highest BCUT2D eigenvalue weighted by atomic mass is 16.5. The molecule has 1 fully saturated rings. The van der Waals surface area contributed by atoms with Crippen molar-refractivity contribution in [2.45, 2.75) is 38.8 Å². The van der Waals surface area contributed by atoms with Crippen molar-refractivity contribution in [1.82, 2.24) is 10.2 Å². The molecule has 1 atom stereocenters. The van der Waals surface area contributed by atoms with E-state index < -0.39 is 0 Å². The first-order chi connectivity index (χ1) is 9.31. The third kappa shape index (κ3) is 4.51. The molecule has 2 rings (SSSR count). The Kier molecular flexibility index (Phi) is 5.67. The van der Waals surface area contributed by atoms with Crippen LogP contribution in [-0.4, -0.2) is 37.7 Å². The van der Waals surface area contributed by atoms with Crippen LogP contribution in [0, 0.1) is 0 Å². The SMILES string of the molecule is CCCC1CN(Cc2cccc(OC)c2)CCCN1. The zero-order valence-corrected chi connectivity index (χ0v) is 12.2. The quantitative estimate of drug-likeness (QED) is 0.883. The molecule has 1 unspecified atom stereocenters. The summed E-state index contributed by atoms with van der Waals surface area (Å²) in [6, 6.07) is 9.07. The van der Waals surface area contributed by atoms with E-state index in [0.29, 0.717) is 6.04 Å². The lowest BCUT2D eigenvalue weighted by Gasteiger charge is -2.24. The first-order valence-electron chi connectivity index (χ1n) is 7.40. The van der Waals surface area contributed by atoms with Gasteiger partial charge in [-0.25, -0.2) is 0 Å². The Balaban J connectivity index is 1.95. The molecule has 0 radical (unpaired) electrons. The summed E-state index contributed by atoms with van der Waals surface area (Å²) in [5, 5.41) is 3.65. The molecule has 0 spiro atoms. The van der Waals surface area contributed by atoms with E-state index >= 15 is 0 Å². The van der Waals surface area contributed by atoms with Gasteiger partial charge in [-0.15, -0.1) is 0 Å². The van der Waals surface area contributed by atoms with Gasteiger partial charge in [0.05, 0.1) is 7.11 Å². The van der Waals surface area contributed by atoms with E-state index in [1.807, 2.05) is 6.07 Å². The van der Waals surface area contributed by atoms with E-state index in [1.165, 1.54) is 31.4 Å². The maximum Gasteiger partial charge on any atom is 0.119 e. The second-order valence-corrected chi connectivity index (χ2v) is 5.38. The molecule has 1 aliphatic heterocycles. The molecule has 0 amide bonds. The molecule has 0 aromatic heterocycles. The molecule has 3 heteroatoms. The van der Waals surface area contributed by atoms with Crippen LogP contribution in [0.1, 0.15) is 31.7 Å². The third-order valence-electron chi connectivity index (χ3n) is 3.74. The Hall–Kier alpha value is -1.06. The topological polar surface area (TPSA) is 24.5 Å². The van der Waals surface area contributed by atoms with Crippen LogP contribution in [0.4, 0.5) is 0 Å². The average Bonchev–Trinajstić information content (AvgIpc) is 2.65. The van der Waals surface area contributed by atoms with Gasteiger partial charge in [0.25, 0.3) is 0 Å². The molecular formula is C16H26N2O. The number of methoxy groups -OCH3 is 1. The van der Waals surface area contributed by atoms with Crippen LogP contribution >= 0.6 is 0 Å². The van der Waals surface area contributed by atoms with Crippen molar-refractivity contribution in [3.8, 4) is 5.75 Å². The minimum Gasteiger partial charge on any atom is -0.497 e. The number of hydrogen-bond donors (Lipinski definition) is 1. The van der Waals surface area contributed by atoms with Gasteiger partial charge in [0.1, 0.15) is 5.75 Å². The summed E-state index contributed by atoms with van der Waals surface area (Å²) in [7, 11) is 1.73. The molecular weight excluding hydrogens is 236 g/mol. The van der Waals surface area contributed by atoms with Gasteiger partial charge in [-0.2, -0.15) is 0 Å². The van der Waals surface area contributed by atoms with Crippen molar-refractivity contribution >= 4 is 0 Å². The Morgan fingerprint density at radius 3 is 3.11 bits per heavy atom. The van der Waals surface area contributed by atoms with E-state index in [0.717, 1.165) is 25.4 Å². The smallest absolute Gasteiger partial charge is 0.119 e. The Morgan fingerprint density at radius 2 is 2.32 bits per heavy atom. The van der Waals surface area contributed by atoms with Gasteiger partial charge in [-0.1, -0.05) is 25.5 Å². The lowest BCUT2D eigenvalue weighted by Crippen LogP contribution is -2.37. The van der Waals surface area contributed by atoms with E-state index in [4.69, 9.17) is 4.74 Å². The van der Waals surface area contributed by atoms with E-state index in [-0.39, 0.29) is 0 Å². The highest BCUT2D eigenvalue weighted by Gasteiger charge is 2.16. The van der Waals surface area contributed by atoms with E-state index in [9.17, 15) is 0 Å². The number of nitrogens with zero attached hydrogens (tertiary/aromatic N) is 1. The van der Waals surface area contributed by atoms with Crippen molar-refractivity contribution in [2.75, 3.05) is 26.7 Å². The molecule has 0 aliphatic carbocycles. The van der Waals surface area contributed by atoms with Crippen LogP contribution in [0.3, 0.4) is 0 Å². The fourth-order valence-corrected chi connectivity index (χ4v) is 2.79. The average molecular weight is 262 g/mol. The third-order valence-corrected chi connectivity index (χ3v) is 3.74. The minimum absolute atomic E-state index is 0.651. The molecule has 3 nitrogen and oxygen atoms in total.